The van der Waals surface area contributed by atoms with Gasteiger partial charge in [0.2, 0.25) is 0 Å². The van der Waals surface area contributed by atoms with Crippen LogP contribution in [0.4, 0.5) is 0 Å². The van der Waals surface area contributed by atoms with Crippen LogP contribution in [0.2, 0.25) is 10.0 Å². The molecular formula is C16H25Cl2NO. The number of hydrogen-bond donors (Lipinski definition) is 2. The lowest BCUT2D eigenvalue weighted by molar-refractivity contribution is 0.175. The van der Waals surface area contributed by atoms with Crippen molar-refractivity contribution in [1.82, 2.24) is 5.32 Å². The van der Waals surface area contributed by atoms with Gasteiger partial charge in [0.1, 0.15) is 0 Å². The largest absolute Gasteiger partial charge is 0.387 e. The number of benzene rings is 1. The number of aliphatic hydroxyl groups is 1. The maximum Gasteiger partial charge on any atom is 0.0929 e. The molecule has 0 aliphatic carbocycles. The van der Waals surface area contributed by atoms with Gasteiger partial charge >= 0.3 is 0 Å². The highest BCUT2D eigenvalue weighted by Gasteiger charge is 2.11. The van der Waals surface area contributed by atoms with Crippen LogP contribution in [0, 0.1) is 0 Å². The predicted molar refractivity (Wildman–Crippen MR) is 87.7 cm³/mol. The van der Waals surface area contributed by atoms with E-state index < -0.39 is 6.10 Å². The Morgan fingerprint density at radius 3 is 2.55 bits per heavy atom. The lowest BCUT2D eigenvalue weighted by Gasteiger charge is -2.14. The monoisotopic (exact) mass is 317 g/mol. The van der Waals surface area contributed by atoms with Gasteiger partial charge < -0.3 is 10.4 Å². The molecule has 1 unspecified atom stereocenters. The molecule has 114 valence electrons. The number of unbranched alkanes of at least 4 members (excludes halogenated alkanes) is 5. The Morgan fingerprint density at radius 2 is 1.80 bits per heavy atom. The van der Waals surface area contributed by atoms with Crippen LogP contribution in [-0.2, 0) is 0 Å². The average Bonchev–Trinajstić information content (AvgIpc) is 2.44. The van der Waals surface area contributed by atoms with Gasteiger partial charge in [0.05, 0.1) is 6.10 Å². The predicted octanol–water partition coefficient (Wildman–Crippen LogP) is 4.98. The summed E-state index contributed by atoms with van der Waals surface area (Å²) < 4.78 is 0. The minimum Gasteiger partial charge on any atom is -0.387 e. The summed E-state index contributed by atoms with van der Waals surface area (Å²) in [6, 6.07) is 5.17. The summed E-state index contributed by atoms with van der Waals surface area (Å²) in [5.74, 6) is 0. The third kappa shape index (κ3) is 6.94. The summed E-state index contributed by atoms with van der Waals surface area (Å²) >= 11 is 12.0. The summed E-state index contributed by atoms with van der Waals surface area (Å²) in [6.07, 6.45) is 7.04. The van der Waals surface area contributed by atoms with Crippen molar-refractivity contribution < 1.29 is 5.11 Å². The molecule has 0 heterocycles. The second kappa shape index (κ2) is 10.4. The lowest BCUT2D eigenvalue weighted by atomic mass is 10.1. The van der Waals surface area contributed by atoms with E-state index in [9.17, 15) is 5.11 Å². The van der Waals surface area contributed by atoms with E-state index in [1.54, 1.807) is 18.2 Å². The molecule has 0 aliphatic rings. The van der Waals surface area contributed by atoms with Crippen LogP contribution in [0.1, 0.15) is 57.1 Å². The smallest absolute Gasteiger partial charge is 0.0929 e. The molecule has 0 aromatic heterocycles. The van der Waals surface area contributed by atoms with Crippen LogP contribution in [0.3, 0.4) is 0 Å². The molecule has 1 aromatic carbocycles. The van der Waals surface area contributed by atoms with Gasteiger partial charge in [-0.15, -0.1) is 0 Å². The van der Waals surface area contributed by atoms with Gasteiger partial charge in [-0.2, -0.15) is 0 Å². The number of aliphatic hydroxyl groups excluding tert-OH is 1. The molecular weight excluding hydrogens is 293 g/mol. The molecule has 0 aliphatic heterocycles. The van der Waals surface area contributed by atoms with E-state index >= 15 is 0 Å². The molecule has 1 aromatic rings. The zero-order valence-electron chi connectivity index (χ0n) is 12.2. The van der Waals surface area contributed by atoms with Crippen molar-refractivity contribution in [2.45, 2.75) is 51.6 Å². The normalized spacial score (nSPS) is 12.6. The van der Waals surface area contributed by atoms with E-state index in [1.165, 1.54) is 32.1 Å². The quantitative estimate of drug-likeness (QED) is 0.597. The number of halogens is 2. The lowest BCUT2D eigenvalue weighted by Crippen LogP contribution is -2.22. The van der Waals surface area contributed by atoms with Crippen LogP contribution >= 0.6 is 23.2 Å². The summed E-state index contributed by atoms with van der Waals surface area (Å²) in [7, 11) is 0. The molecule has 4 heteroatoms. The van der Waals surface area contributed by atoms with Gasteiger partial charge in [-0.3, -0.25) is 0 Å². The van der Waals surface area contributed by atoms with Crippen molar-refractivity contribution in [2.75, 3.05) is 13.1 Å². The van der Waals surface area contributed by atoms with Gasteiger partial charge in [-0.1, -0.05) is 62.2 Å². The van der Waals surface area contributed by atoms with Gasteiger partial charge in [-0.05, 0) is 31.2 Å². The van der Waals surface area contributed by atoms with Gasteiger partial charge in [0.25, 0.3) is 0 Å². The van der Waals surface area contributed by atoms with Crippen molar-refractivity contribution in [3.8, 4) is 0 Å². The number of nitrogens with one attached hydrogen (secondary N) is 1. The third-order valence-corrected chi connectivity index (χ3v) is 3.94. The standard InChI is InChI=1S/C16H25Cl2NO/c1-2-3-4-5-6-7-10-19-12-16(20)14-11-13(17)8-9-15(14)18/h8-9,11,16,19-20H,2-7,10,12H2,1H3. The SMILES string of the molecule is CCCCCCCCNCC(O)c1cc(Cl)ccc1Cl. The van der Waals surface area contributed by atoms with E-state index in [0.29, 0.717) is 22.2 Å². The highest BCUT2D eigenvalue weighted by Crippen LogP contribution is 2.25. The number of rotatable bonds is 10. The van der Waals surface area contributed by atoms with E-state index in [1.807, 2.05) is 0 Å². The Hall–Kier alpha value is -0.280. The summed E-state index contributed by atoms with van der Waals surface area (Å²) in [5, 5.41) is 14.5. The van der Waals surface area contributed by atoms with E-state index in [-0.39, 0.29) is 0 Å². The van der Waals surface area contributed by atoms with Gasteiger partial charge in [-0.25, -0.2) is 0 Å². The second-order valence-corrected chi connectivity index (χ2v) is 6.00. The Labute approximate surface area is 132 Å². The third-order valence-electron chi connectivity index (χ3n) is 3.36. The molecule has 1 atom stereocenters. The van der Waals surface area contributed by atoms with Crippen LogP contribution in [0.15, 0.2) is 18.2 Å². The zero-order chi connectivity index (χ0) is 14.8. The Balaban J connectivity index is 2.17. The van der Waals surface area contributed by atoms with E-state index in [0.717, 1.165) is 13.0 Å². The molecule has 1 rings (SSSR count). The first-order valence-corrected chi connectivity index (χ1v) is 8.24. The topological polar surface area (TPSA) is 32.3 Å². The second-order valence-electron chi connectivity index (χ2n) is 5.15. The van der Waals surface area contributed by atoms with Crippen molar-refractivity contribution in [3.63, 3.8) is 0 Å². The first kappa shape index (κ1) is 17.8. The molecule has 20 heavy (non-hydrogen) atoms. The van der Waals surface area contributed by atoms with Gasteiger partial charge in [0, 0.05) is 22.2 Å². The molecule has 0 amide bonds. The first-order chi connectivity index (χ1) is 9.65. The zero-order valence-corrected chi connectivity index (χ0v) is 13.7. The fourth-order valence-corrected chi connectivity index (χ4v) is 2.57. The minimum atomic E-state index is -0.610. The minimum absolute atomic E-state index is 0.509. The van der Waals surface area contributed by atoms with E-state index in [2.05, 4.69) is 12.2 Å². The first-order valence-electron chi connectivity index (χ1n) is 7.49. The van der Waals surface area contributed by atoms with Crippen LogP contribution < -0.4 is 5.32 Å². The van der Waals surface area contributed by atoms with Crippen molar-refractivity contribution in [2.24, 2.45) is 0 Å². The van der Waals surface area contributed by atoms with Crippen molar-refractivity contribution >= 4 is 23.2 Å². The molecule has 0 saturated carbocycles. The molecule has 0 bridgehead atoms. The molecule has 2 N–H and O–H groups in total. The molecule has 0 saturated heterocycles. The maximum absolute atomic E-state index is 10.1. The molecule has 2 nitrogen and oxygen atoms in total. The van der Waals surface area contributed by atoms with Crippen LogP contribution in [0.25, 0.3) is 0 Å². The van der Waals surface area contributed by atoms with Crippen molar-refractivity contribution in [3.05, 3.63) is 33.8 Å². The Kier molecular flexibility index (Phi) is 9.28. The van der Waals surface area contributed by atoms with E-state index in [4.69, 9.17) is 23.2 Å². The van der Waals surface area contributed by atoms with Crippen LogP contribution in [0.5, 0.6) is 0 Å². The fourth-order valence-electron chi connectivity index (χ4n) is 2.15. The fraction of sp³-hybridized carbons (Fsp3) is 0.625. The Morgan fingerprint density at radius 1 is 1.10 bits per heavy atom. The van der Waals surface area contributed by atoms with Crippen molar-refractivity contribution in [1.29, 1.82) is 0 Å². The summed E-state index contributed by atoms with van der Waals surface area (Å²) in [5.41, 5.74) is 0.689. The highest BCUT2D eigenvalue weighted by atomic mass is 35.5. The summed E-state index contributed by atoms with van der Waals surface area (Å²) in [4.78, 5) is 0. The van der Waals surface area contributed by atoms with Crippen LogP contribution in [-0.4, -0.2) is 18.2 Å². The maximum atomic E-state index is 10.1. The highest BCUT2D eigenvalue weighted by molar-refractivity contribution is 6.33. The number of hydrogen-bond acceptors (Lipinski definition) is 2. The Bertz CT molecular complexity index is 385. The molecule has 0 radical (unpaired) electrons. The van der Waals surface area contributed by atoms with Gasteiger partial charge in [0.15, 0.2) is 0 Å². The summed E-state index contributed by atoms with van der Waals surface area (Å²) in [6.45, 7) is 3.67. The average molecular weight is 318 g/mol. The molecule has 0 fully saturated rings. The molecule has 0 spiro atoms.